The van der Waals surface area contributed by atoms with Crippen LogP contribution < -0.4 is 5.32 Å². The number of carbonyl (C=O) groups is 1. The van der Waals surface area contributed by atoms with Crippen LogP contribution in [0, 0.1) is 11.8 Å². The highest BCUT2D eigenvalue weighted by Crippen LogP contribution is 2.34. The van der Waals surface area contributed by atoms with Crippen LogP contribution in [0.1, 0.15) is 46.6 Å². The Morgan fingerprint density at radius 3 is 2.92 bits per heavy atom. The molecule has 24 heavy (non-hydrogen) atoms. The van der Waals surface area contributed by atoms with E-state index in [2.05, 4.69) is 36.3 Å². The average molecular weight is 344 g/mol. The number of thiazole rings is 1. The van der Waals surface area contributed by atoms with Crippen LogP contribution in [0.3, 0.4) is 0 Å². The third-order valence-electron chi connectivity index (χ3n) is 4.23. The van der Waals surface area contributed by atoms with E-state index in [1.807, 2.05) is 18.2 Å². The molecule has 1 aliphatic heterocycles. The molecule has 1 aromatic carbocycles. The first-order valence-electron chi connectivity index (χ1n) is 8.53. The summed E-state index contributed by atoms with van der Waals surface area (Å²) in [6.07, 6.45) is 3.66. The number of nitrogens with zero attached hydrogens (tertiary/aromatic N) is 1. The molecule has 1 N–H and O–H groups in total. The van der Waals surface area contributed by atoms with Gasteiger partial charge in [-0.15, -0.1) is 11.3 Å². The minimum Gasteiger partial charge on any atom is -0.373 e. The summed E-state index contributed by atoms with van der Waals surface area (Å²) in [4.78, 5) is 17.4. The Morgan fingerprint density at radius 1 is 1.38 bits per heavy atom. The summed E-state index contributed by atoms with van der Waals surface area (Å²) in [5, 5.41) is 4.09. The van der Waals surface area contributed by atoms with Crippen molar-refractivity contribution in [3.63, 3.8) is 0 Å². The maximum absolute atomic E-state index is 12.4. The highest BCUT2D eigenvalue weighted by Gasteiger charge is 2.29. The minimum atomic E-state index is -0.0267. The predicted octanol–water partition coefficient (Wildman–Crippen LogP) is 3.85. The summed E-state index contributed by atoms with van der Waals surface area (Å²) >= 11 is 1.49. The van der Waals surface area contributed by atoms with E-state index in [-0.39, 0.29) is 12.0 Å². The molecule has 0 saturated carbocycles. The molecule has 2 heterocycles. The van der Waals surface area contributed by atoms with Crippen LogP contribution >= 0.6 is 11.3 Å². The number of carbonyl (C=O) groups excluding carboxylic acids is 1. The molecule has 128 valence electrons. The quantitative estimate of drug-likeness (QED) is 0.866. The minimum absolute atomic E-state index is 0.0267. The van der Waals surface area contributed by atoms with E-state index >= 15 is 0 Å². The van der Waals surface area contributed by atoms with Gasteiger partial charge in [0.1, 0.15) is 4.88 Å². The van der Waals surface area contributed by atoms with Crippen molar-refractivity contribution in [3.05, 3.63) is 52.0 Å². The largest absolute Gasteiger partial charge is 0.373 e. The lowest BCUT2D eigenvalue weighted by Crippen LogP contribution is -2.30. The molecule has 0 bridgehead atoms. The lowest BCUT2D eigenvalue weighted by atomic mass is 9.95. The molecule has 2 aromatic rings. The maximum Gasteiger partial charge on any atom is 0.263 e. The molecule has 1 saturated heterocycles. The second-order valence-corrected chi connectivity index (χ2v) is 7.79. The van der Waals surface area contributed by atoms with Crippen molar-refractivity contribution in [2.45, 2.75) is 32.8 Å². The topological polar surface area (TPSA) is 51.2 Å². The molecule has 1 amide bonds. The average Bonchev–Trinajstić information content (AvgIpc) is 3.22. The van der Waals surface area contributed by atoms with Crippen molar-refractivity contribution in [1.82, 2.24) is 10.3 Å². The van der Waals surface area contributed by atoms with Gasteiger partial charge in [-0.2, -0.15) is 0 Å². The first-order chi connectivity index (χ1) is 11.6. The molecule has 0 aliphatic carbocycles. The van der Waals surface area contributed by atoms with Crippen LogP contribution in [0.15, 0.2) is 36.5 Å². The van der Waals surface area contributed by atoms with E-state index in [0.717, 1.165) is 24.5 Å². The van der Waals surface area contributed by atoms with Crippen molar-refractivity contribution >= 4 is 17.2 Å². The number of hydrogen-bond acceptors (Lipinski definition) is 4. The molecule has 1 fully saturated rings. The van der Waals surface area contributed by atoms with E-state index in [0.29, 0.717) is 23.3 Å². The Kier molecular flexibility index (Phi) is 5.63. The van der Waals surface area contributed by atoms with Gasteiger partial charge in [0.05, 0.1) is 17.3 Å². The van der Waals surface area contributed by atoms with Gasteiger partial charge < -0.3 is 10.1 Å². The van der Waals surface area contributed by atoms with Gasteiger partial charge in [0.25, 0.3) is 5.91 Å². The van der Waals surface area contributed by atoms with Gasteiger partial charge in [-0.3, -0.25) is 4.79 Å². The molecule has 0 unspecified atom stereocenters. The van der Waals surface area contributed by atoms with Gasteiger partial charge in [0.2, 0.25) is 0 Å². The first kappa shape index (κ1) is 17.1. The monoisotopic (exact) mass is 344 g/mol. The second-order valence-electron chi connectivity index (χ2n) is 6.68. The molecule has 1 aromatic heterocycles. The molecule has 0 radical (unpaired) electrons. The number of rotatable bonds is 6. The summed E-state index contributed by atoms with van der Waals surface area (Å²) in [5.41, 5.74) is 1.19. The van der Waals surface area contributed by atoms with E-state index in [1.165, 1.54) is 16.9 Å². The van der Waals surface area contributed by atoms with E-state index in [1.54, 1.807) is 6.20 Å². The highest BCUT2D eigenvalue weighted by molar-refractivity contribution is 7.13. The molecule has 3 rings (SSSR count). The number of nitrogens with one attached hydrogen (secondary N) is 1. The van der Waals surface area contributed by atoms with Crippen molar-refractivity contribution in [3.8, 4) is 0 Å². The fourth-order valence-corrected chi connectivity index (χ4v) is 4.07. The van der Waals surface area contributed by atoms with Crippen LogP contribution in [0.25, 0.3) is 0 Å². The number of amides is 1. The highest BCUT2D eigenvalue weighted by atomic mass is 32.1. The van der Waals surface area contributed by atoms with Crippen LogP contribution in [-0.2, 0) is 11.2 Å². The predicted molar refractivity (Wildman–Crippen MR) is 96.2 cm³/mol. The zero-order chi connectivity index (χ0) is 16.9. The second kappa shape index (κ2) is 7.90. The standard InChI is InChI=1S/C19H24N2O2S/c1-13(2)10-17-20-12-16(24-17)19(22)21-11-15-8-9-23-18(15)14-6-4-3-5-7-14/h3-7,12-13,15,18H,8-11H2,1-2H3,(H,21,22)/t15-,18-/m0/s1. The Hall–Kier alpha value is -1.72. The van der Waals surface area contributed by atoms with Crippen molar-refractivity contribution < 1.29 is 9.53 Å². The van der Waals surface area contributed by atoms with E-state index in [4.69, 9.17) is 4.74 Å². The Labute approximate surface area is 147 Å². The summed E-state index contributed by atoms with van der Waals surface area (Å²) in [7, 11) is 0. The number of aromatic nitrogens is 1. The van der Waals surface area contributed by atoms with Crippen molar-refractivity contribution in [1.29, 1.82) is 0 Å². The fourth-order valence-electron chi connectivity index (χ4n) is 3.02. The summed E-state index contributed by atoms with van der Waals surface area (Å²) in [6.45, 7) is 5.70. The number of hydrogen-bond donors (Lipinski definition) is 1. The van der Waals surface area contributed by atoms with Gasteiger partial charge in [-0.25, -0.2) is 4.98 Å². The zero-order valence-corrected chi connectivity index (χ0v) is 15.0. The van der Waals surface area contributed by atoms with Crippen molar-refractivity contribution in [2.75, 3.05) is 13.2 Å². The van der Waals surface area contributed by atoms with Gasteiger partial charge in [-0.05, 0) is 17.9 Å². The lowest BCUT2D eigenvalue weighted by molar-refractivity contribution is 0.0848. The molecule has 4 nitrogen and oxygen atoms in total. The number of benzene rings is 1. The van der Waals surface area contributed by atoms with Gasteiger partial charge in [-0.1, -0.05) is 44.2 Å². The molecular weight excluding hydrogens is 320 g/mol. The third-order valence-corrected chi connectivity index (χ3v) is 5.25. The first-order valence-corrected chi connectivity index (χ1v) is 9.34. The Morgan fingerprint density at radius 2 is 2.17 bits per heavy atom. The Balaban J connectivity index is 1.56. The van der Waals surface area contributed by atoms with Crippen LogP contribution in [0.5, 0.6) is 0 Å². The molecule has 2 atom stereocenters. The van der Waals surface area contributed by atoms with E-state index < -0.39 is 0 Å². The van der Waals surface area contributed by atoms with E-state index in [9.17, 15) is 4.79 Å². The number of ether oxygens (including phenoxy) is 1. The van der Waals surface area contributed by atoms with Crippen LogP contribution in [0.2, 0.25) is 0 Å². The molecular formula is C19H24N2O2S. The smallest absolute Gasteiger partial charge is 0.263 e. The maximum atomic E-state index is 12.4. The van der Waals surface area contributed by atoms with Crippen LogP contribution in [-0.4, -0.2) is 24.0 Å². The molecule has 1 aliphatic rings. The third kappa shape index (κ3) is 4.22. The van der Waals surface area contributed by atoms with Gasteiger partial charge >= 0.3 is 0 Å². The Bertz CT molecular complexity index is 669. The zero-order valence-electron chi connectivity index (χ0n) is 14.2. The summed E-state index contributed by atoms with van der Waals surface area (Å²) in [6, 6.07) is 10.2. The normalized spacial score (nSPS) is 20.5. The molecule has 5 heteroatoms. The fraction of sp³-hybridized carbons (Fsp3) is 0.474. The molecule has 0 spiro atoms. The summed E-state index contributed by atoms with van der Waals surface area (Å²) < 4.78 is 5.88. The lowest BCUT2D eigenvalue weighted by Gasteiger charge is -2.19. The van der Waals surface area contributed by atoms with Crippen LogP contribution in [0.4, 0.5) is 0 Å². The SMILES string of the molecule is CC(C)Cc1ncc(C(=O)NC[C@@H]2CCO[C@H]2c2ccccc2)s1. The van der Waals surface area contributed by atoms with Gasteiger partial charge in [0, 0.05) is 25.5 Å². The van der Waals surface area contributed by atoms with Crippen molar-refractivity contribution in [2.24, 2.45) is 11.8 Å². The van der Waals surface area contributed by atoms with Gasteiger partial charge in [0.15, 0.2) is 0 Å². The summed E-state index contributed by atoms with van der Waals surface area (Å²) in [5.74, 6) is 0.843.